The van der Waals surface area contributed by atoms with E-state index in [1.807, 2.05) is 12.1 Å². The number of carboxylic acid groups (broad SMARTS) is 1. The Labute approximate surface area is 127 Å². The molecule has 21 heavy (non-hydrogen) atoms. The van der Waals surface area contributed by atoms with Gasteiger partial charge < -0.3 is 5.11 Å². The molecular formula is C18H25NO2. The van der Waals surface area contributed by atoms with E-state index in [-0.39, 0.29) is 0 Å². The van der Waals surface area contributed by atoms with Crippen molar-refractivity contribution in [2.75, 3.05) is 13.1 Å². The van der Waals surface area contributed by atoms with E-state index in [0.29, 0.717) is 11.0 Å². The second kappa shape index (κ2) is 6.18. The van der Waals surface area contributed by atoms with Crippen LogP contribution in [0.2, 0.25) is 0 Å². The summed E-state index contributed by atoms with van der Waals surface area (Å²) in [5.41, 5.74) is 2.25. The highest BCUT2D eigenvalue weighted by atomic mass is 16.4. The second-order valence-corrected chi connectivity index (χ2v) is 6.84. The standard InChI is InChI=1S/C18H25NO2/c20-17(21)16-6-4-15(5-7-16)14-19-12-10-18(11-13-19)8-2-1-3-9-18/h4-7H,1-3,8-14H2,(H,20,21). The summed E-state index contributed by atoms with van der Waals surface area (Å²) in [5, 5.41) is 8.93. The Morgan fingerprint density at radius 3 is 2.19 bits per heavy atom. The first-order chi connectivity index (χ1) is 10.2. The summed E-state index contributed by atoms with van der Waals surface area (Å²) in [7, 11) is 0. The predicted octanol–water partition coefficient (Wildman–Crippen LogP) is 3.93. The van der Waals surface area contributed by atoms with Crippen molar-refractivity contribution < 1.29 is 9.90 Å². The molecule has 1 saturated carbocycles. The summed E-state index contributed by atoms with van der Waals surface area (Å²) in [6, 6.07) is 7.33. The average molecular weight is 287 g/mol. The molecule has 2 aliphatic rings. The zero-order valence-electron chi connectivity index (χ0n) is 12.7. The second-order valence-electron chi connectivity index (χ2n) is 6.84. The van der Waals surface area contributed by atoms with Gasteiger partial charge >= 0.3 is 5.97 Å². The number of carboxylic acids is 1. The van der Waals surface area contributed by atoms with Crippen LogP contribution in [0.5, 0.6) is 0 Å². The number of carbonyl (C=O) groups is 1. The van der Waals surface area contributed by atoms with Crippen LogP contribution in [0.4, 0.5) is 0 Å². The molecule has 2 fully saturated rings. The van der Waals surface area contributed by atoms with Gasteiger partial charge in [-0.15, -0.1) is 0 Å². The number of nitrogens with zero attached hydrogens (tertiary/aromatic N) is 1. The Morgan fingerprint density at radius 2 is 1.62 bits per heavy atom. The molecule has 0 bridgehead atoms. The number of piperidine rings is 1. The topological polar surface area (TPSA) is 40.5 Å². The lowest BCUT2D eigenvalue weighted by Crippen LogP contribution is -2.40. The molecule has 1 heterocycles. The minimum atomic E-state index is -0.848. The molecule has 1 aromatic rings. The number of hydrogen-bond acceptors (Lipinski definition) is 2. The van der Waals surface area contributed by atoms with E-state index in [0.717, 1.165) is 6.54 Å². The normalized spacial score (nSPS) is 22.3. The highest BCUT2D eigenvalue weighted by Gasteiger charge is 2.35. The average Bonchev–Trinajstić information content (AvgIpc) is 2.51. The van der Waals surface area contributed by atoms with Crippen LogP contribution < -0.4 is 0 Å². The van der Waals surface area contributed by atoms with Crippen molar-refractivity contribution >= 4 is 5.97 Å². The van der Waals surface area contributed by atoms with Crippen molar-refractivity contribution in [1.29, 1.82) is 0 Å². The molecule has 0 amide bonds. The van der Waals surface area contributed by atoms with Crippen LogP contribution >= 0.6 is 0 Å². The van der Waals surface area contributed by atoms with Crippen LogP contribution in [0, 0.1) is 5.41 Å². The first-order valence-corrected chi connectivity index (χ1v) is 8.22. The molecule has 3 nitrogen and oxygen atoms in total. The lowest BCUT2D eigenvalue weighted by Gasteiger charge is -2.44. The van der Waals surface area contributed by atoms with Gasteiger partial charge in [-0.25, -0.2) is 4.79 Å². The van der Waals surface area contributed by atoms with E-state index < -0.39 is 5.97 Å². The van der Waals surface area contributed by atoms with Crippen molar-refractivity contribution in [3.05, 3.63) is 35.4 Å². The molecular weight excluding hydrogens is 262 g/mol. The Kier molecular flexibility index (Phi) is 4.29. The smallest absolute Gasteiger partial charge is 0.335 e. The molecule has 3 rings (SSSR count). The van der Waals surface area contributed by atoms with Crippen LogP contribution in [-0.2, 0) is 6.54 Å². The van der Waals surface area contributed by atoms with Gasteiger partial charge in [0.05, 0.1) is 5.56 Å². The summed E-state index contributed by atoms with van der Waals surface area (Å²) < 4.78 is 0. The van der Waals surface area contributed by atoms with Crippen molar-refractivity contribution in [3.63, 3.8) is 0 Å². The molecule has 1 N–H and O–H groups in total. The summed E-state index contributed by atoms with van der Waals surface area (Å²) in [4.78, 5) is 13.4. The van der Waals surface area contributed by atoms with Gasteiger partial charge in [0.2, 0.25) is 0 Å². The summed E-state index contributed by atoms with van der Waals surface area (Å²) in [6.07, 6.45) is 9.86. The number of benzene rings is 1. The van der Waals surface area contributed by atoms with Gasteiger partial charge in [-0.1, -0.05) is 31.4 Å². The van der Waals surface area contributed by atoms with E-state index in [4.69, 9.17) is 5.11 Å². The van der Waals surface area contributed by atoms with Gasteiger partial charge in [0.25, 0.3) is 0 Å². The van der Waals surface area contributed by atoms with Crippen molar-refractivity contribution in [2.24, 2.45) is 5.41 Å². The number of likely N-dealkylation sites (tertiary alicyclic amines) is 1. The maximum absolute atomic E-state index is 10.9. The van der Waals surface area contributed by atoms with Crippen LogP contribution in [0.15, 0.2) is 24.3 Å². The molecule has 1 saturated heterocycles. The third-order valence-electron chi connectivity index (χ3n) is 5.44. The quantitative estimate of drug-likeness (QED) is 0.915. The Bertz CT molecular complexity index is 478. The number of rotatable bonds is 3. The SMILES string of the molecule is O=C(O)c1ccc(CN2CCC3(CCCCC3)CC2)cc1. The van der Waals surface area contributed by atoms with E-state index in [9.17, 15) is 4.79 Å². The van der Waals surface area contributed by atoms with Crippen molar-refractivity contribution in [3.8, 4) is 0 Å². The van der Waals surface area contributed by atoms with Crippen LogP contribution in [0.25, 0.3) is 0 Å². The van der Waals surface area contributed by atoms with Gasteiger partial charge in [-0.05, 0) is 61.9 Å². The molecule has 0 aromatic heterocycles. The number of aromatic carboxylic acids is 1. The molecule has 1 spiro atoms. The van der Waals surface area contributed by atoms with Gasteiger partial charge in [0, 0.05) is 6.54 Å². The Balaban J connectivity index is 1.54. The van der Waals surface area contributed by atoms with E-state index in [2.05, 4.69) is 4.90 Å². The zero-order chi connectivity index (χ0) is 14.7. The fourth-order valence-electron chi connectivity index (χ4n) is 4.00. The highest BCUT2D eigenvalue weighted by molar-refractivity contribution is 5.87. The van der Waals surface area contributed by atoms with E-state index in [1.165, 1.54) is 63.6 Å². The van der Waals surface area contributed by atoms with E-state index >= 15 is 0 Å². The van der Waals surface area contributed by atoms with Gasteiger partial charge in [0.1, 0.15) is 0 Å². The molecule has 0 atom stereocenters. The molecule has 1 aromatic carbocycles. The summed E-state index contributed by atoms with van der Waals surface area (Å²) >= 11 is 0. The predicted molar refractivity (Wildman–Crippen MR) is 83.4 cm³/mol. The largest absolute Gasteiger partial charge is 0.478 e. The molecule has 1 aliphatic carbocycles. The molecule has 3 heteroatoms. The Hall–Kier alpha value is -1.35. The van der Waals surface area contributed by atoms with Gasteiger partial charge in [-0.3, -0.25) is 4.90 Å². The molecule has 1 aliphatic heterocycles. The third-order valence-corrected chi connectivity index (χ3v) is 5.44. The maximum Gasteiger partial charge on any atom is 0.335 e. The molecule has 114 valence electrons. The van der Waals surface area contributed by atoms with Crippen molar-refractivity contribution in [1.82, 2.24) is 4.90 Å². The summed E-state index contributed by atoms with van der Waals surface area (Å²) in [5.74, 6) is -0.848. The van der Waals surface area contributed by atoms with Gasteiger partial charge in [-0.2, -0.15) is 0 Å². The highest BCUT2D eigenvalue weighted by Crippen LogP contribution is 2.44. The minimum absolute atomic E-state index is 0.374. The zero-order valence-corrected chi connectivity index (χ0v) is 12.7. The van der Waals surface area contributed by atoms with Gasteiger partial charge in [0.15, 0.2) is 0 Å². The van der Waals surface area contributed by atoms with Crippen LogP contribution in [0.3, 0.4) is 0 Å². The number of hydrogen-bond donors (Lipinski definition) is 1. The minimum Gasteiger partial charge on any atom is -0.478 e. The monoisotopic (exact) mass is 287 g/mol. The Morgan fingerprint density at radius 1 is 1.00 bits per heavy atom. The summed E-state index contributed by atoms with van der Waals surface area (Å²) in [6.45, 7) is 3.34. The fraction of sp³-hybridized carbons (Fsp3) is 0.611. The fourth-order valence-corrected chi connectivity index (χ4v) is 4.00. The van der Waals surface area contributed by atoms with E-state index in [1.54, 1.807) is 12.1 Å². The lowest BCUT2D eigenvalue weighted by atomic mass is 9.68. The lowest BCUT2D eigenvalue weighted by molar-refractivity contribution is 0.0640. The van der Waals surface area contributed by atoms with Crippen molar-refractivity contribution in [2.45, 2.75) is 51.5 Å². The maximum atomic E-state index is 10.9. The third kappa shape index (κ3) is 3.46. The first-order valence-electron chi connectivity index (χ1n) is 8.22. The first kappa shape index (κ1) is 14.6. The molecule has 0 radical (unpaired) electrons. The van der Waals surface area contributed by atoms with Crippen LogP contribution in [-0.4, -0.2) is 29.1 Å². The van der Waals surface area contributed by atoms with Crippen LogP contribution in [0.1, 0.15) is 60.9 Å². The molecule has 0 unspecified atom stereocenters.